The highest BCUT2D eigenvalue weighted by Crippen LogP contribution is 2.25. The second-order valence-corrected chi connectivity index (χ2v) is 9.95. The molecule has 2 fully saturated rings. The Bertz CT molecular complexity index is 1300. The number of fused-ring (bicyclic) bond motifs is 1. The van der Waals surface area contributed by atoms with Crippen molar-refractivity contribution in [1.29, 1.82) is 0 Å². The number of carboxylic acids is 4. The average molecular weight is 781 g/mol. The third-order valence-corrected chi connectivity index (χ3v) is 5.95. The van der Waals surface area contributed by atoms with Crippen molar-refractivity contribution in [2.75, 3.05) is 26.2 Å². The Kier molecular flexibility index (Phi) is 19.0. The molecule has 2 aliphatic heterocycles. The van der Waals surface area contributed by atoms with Gasteiger partial charge in [-0.1, -0.05) is 12.1 Å². The van der Waals surface area contributed by atoms with Gasteiger partial charge in [0.05, 0.1) is 18.4 Å². The van der Waals surface area contributed by atoms with Crippen LogP contribution < -0.4 is 0 Å². The van der Waals surface area contributed by atoms with Gasteiger partial charge < -0.3 is 25.2 Å². The van der Waals surface area contributed by atoms with E-state index >= 15 is 0 Å². The van der Waals surface area contributed by atoms with Crippen molar-refractivity contribution in [3.63, 3.8) is 0 Å². The molecule has 2 atom stereocenters. The third kappa shape index (κ3) is 20.8. The molecule has 4 heterocycles. The van der Waals surface area contributed by atoms with Gasteiger partial charge in [0.15, 0.2) is 0 Å². The summed E-state index contributed by atoms with van der Waals surface area (Å²) in [6.07, 6.45) is -13.3. The summed E-state index contributed by atoms with van der Waals surface area (Å²) in [5, 5.41) is 28.5. The first-order chi connectivity index (χ1) is 23.6. The fraction of sp³-hybridized carbons (Fsp3) is 0.481. The zero-order chi connectivity index (χ0) is 40.5. The summed E-state index contributed by atoms with van der Waals surface area (Å²) in [7, 11) is 0. The minimum absolute atomic E-state index is 0.338. The first-order valence-corrected chi connectivity index (χ1v) is 13.7. The fourth-order valence-electron chi connectivity index (χ4n) is 3.74. The summed E-state index contributed by atoms with van der Waals surface area (Å²) in [5.41, 5.74) is 2.31. The number of aromatic nitrogens is 2. The number of hydrogen-bond donors (Lipinski definition) is 4. The summed E-state index contributed by atoms with van der Waals surface area (Å²) < 4.78 is 133. The number of piperazine rings is 1. The molecule has 0 aliphatic carbocycles. The number of pyridine rings is 2. The highest BCUT2D eigenvalue weighted by Gasteiger charge is 2.40. The van der Waals surface area contributed by atoms with E-state index in [4.69, 9.17) is 44.3 Å². The Balaban J connectivity index is 0.000000764. The van der Waals surface area contributed by atoms with Gasteiger partial charge in [-0.2, -0.15) is 52.7 Å². The molecule has 294 valence electrons. The van der Waals surface area contributed by atoms with Gasteiger partial charge in [0.2, 0.25) is 0 Å². The molecule has 2 aromatic heterocycles. The van der Waals surface area contributed by atoms with E-state index in [1.165, 1.54) is 0 Å². The Morgan fingerprint density at radius 1 is 0.692 bits per heavy atom. The van der Waals surface area contributed by atoms with E-state index in [1.807, 2.05) is 24.5 Å². The van der Waals surface area contributed by atoms with Gasteiger partial charge in [-0.15, -0.1) is 0 Å². The van der Waals surface area contributed by atoms with Crippen LogP contribution in [0.2, 0.25) is 0 Å². The van der Waals surface area contributed by atoms with Crippen LogP contribution in [0.4, 0.5) is 52.7 Å². The van der Waals surface area contributed by atoms with E-state index in [-0.39, 0.29) is 0 Å². The third-order valence-electron chi connectivity index (χ3n) is 5.95. The maximum atomic E-state index is 10.6. The molecule has 52 heavy (non-hydrogen) atoms. The van der Waals surface area contributed by atoms with Gasteiger partial charge in [0, 0.05) is 57.4 Å². The van der Waals surface area contributed by atoms with Crippen LogP contribution in [0.3, 0.4) is 0 Å². The van der Waals surface area contributed by atoms with Crippen LogP contribution in [-0.4, -0.2) is 127 Å². The van der Waals surface area contributed by atoms with Gasteiger partial charge >= 0.3 is 48.6 Å². The SMILES string of the molecule is O=C(O)C(F)(F)F.O=C(O)C(F)(F)F.O=C(O)C(F)(F)F.O=C(O)C(F)(F)F.c1ccc(CN2CCN3CC(OCc4cccnc4)CC3C2)nc1. The summed E-state index contributed by atoms with van der Waals surface area (Å²) >= 11 is 0. The lowest BCUT2D eigenvalue weighted by molar-refractivity contribution is -0.193. The highest BCUT2D eigenvalue weighted by molar-refractivity contribution is 5.74. The van der Waals surface area contributed by atoms with Crippen LogP contribution in [-0.2, 0) is 37.1 Å². The number of alkyl halides is 12. The van der Waals surface area contributed by atoms with Crippen LogP contribution in [0.15, 0.2) is 48.9 Å². The number of halogens is 12. The Morgan fingerprint density at radius 3 is 1.56 bits per heavy atom. The molecule has 2 saturated heterocycles. The smallest absolute Gasteiger partial charge is 0.475 e. The van der Waals surface area contributed by atoms with Gasteiger partial charge in [-0.3, -0.25) is 19.8 Å². The monoisotopic (exact) mass is 780 g/mol. The Hall–Kier alpha value is -4.78. The van der Waals surface area contributed by atoms with Gasteiger partial charge in [0.25, 0.3) is 0 Å². The molecule has 0 aromatic carbocycles. The predicted molar refractivity (Wildman–Crippen MR) is 147 cm³/mol. The average Bonchev–Trinajstić information content (AvgIpc) is 3.43. The second kappa shape index (κ2) is 20.9. The van der Waals surface area contributed by atoms with E-state index < -0.39 is 48.6 Å². The predicted octanol–water partition coefficient (Wildman–Crippen LogP) is 4.49. The van der Waals surface area contributed by atoms with Crippen molar-refractivity contribution < 1.29 is 97.0 Å². The molecule has 2 aromatic rings. The summed E-state index contributed by atoms with van der Waals surface area (Å²) in [5.74, 6) is -11.0. The molecule has 0 spiro atoms. The Labute approximate surface area is 284 Å². The lowest BCUT2D eigenvalue weighted by Crippen LogP contribution is -2.49. The quantitative estimate of drug-likeness (QED) is 0.311. The second-order valence-electron chi connectivity index (χ2n) is 9.95. The molecule has 25 heteroatoms. The standard InChI is InChI=1S/C19H24N4O.4C2HF3O2/c1-2-7-21-17(5-1)12-22-8-9-23-14-19(10-18(23)13-22)24-15-16-4-3-6-20-11-16;4*3-2(4,5)1(6)7/h1-7,11,18-19H,8-10,12-15H2;4*(H,6,7). The molecule has 0 saturated carbocycles. The van der Waals surface area contributed by atoms with Crippen molar-refractivity contribution in [3.8, 4) is 0 Å². The van der Waals surface area contributed by atoms with Gasteiger partial charge in [0.1, 0.15) is 0 Å². The molecule has 4 N–H and O–H groups in total. The van der Waals surface area contributed by atoms with E-state index in [0.717, 1.165) is 50.4 Å². The maximum absolute atomic E-state index is 10.6. The molecule has 0 radical (unpaired) electrons. The number of rotatable bonds is 5. The lowest BCUT2D eigenvalue weighted by atomic mass is 10.1. The molecule has 4 rings (SSSR count). The molecule has 0 bridgehead atoms. The fourth-order valence-corrected chi connectivity index (χ4v) is 3.74. The largest absolute Gasteiger partial charge is 0.490 e. The van der Waals surface area contributed by atoms with Gasteiger partial charge in [-0.25, -0.2) is 19.2 Å². The van der Waals surface area contributed by atoms with Crippen molar-refractivity contribution in [2.24, 2.45) is 0 Å². The summed E-state index contributed by atoms with van der Waals surface area (Å²) in [6.45, 7) is 6.03. The number of aliphatic carboxylic acids is 4. The maximum Gasteiger partial charge on any atom is 0.490 e. The molecule has 2 aliphatic rings. The van der Waals surface area contributed by atoms with E-state index in [9.17, 15) is 52.7 Å². The van der Waals surface area contributed by atoms with E-state index in [2.05, 4.69) is 38.0 Å². The van der Waals surface area contributed by atoms with Crippen LogP contribution >= 0.6 is 0 Å². The first kappa shape index (κ1) is 47.2. The van der Waals surface area contributed by atoms with Crippen LogP contribution in [0.25, 0.3) is 0 Å². The zero-order valence-electron chi connectivity index (χ0n) is 25.9. The number of carboxylic acid groups (broad SMARTS) is 4. The van der Waals surface area contributed by atoms with Crippen molar-refractivity contribution in [1.82, 2.24) is 19.8 Å². The van der Waals surface area contributed by atoms with Crippen molar-refractivity contribution in [2.45, 2.75) is 56.4 Å². The lowest BCUT2D eigenvalue weighted by Gasteiger charge is -2.37. The normalized spacial score (nSPS) is 17.5. The van der Waals surface area contributed by atoms with Crippen molar-refractivity contribution in [3.05, 3.63) is 60.2 Å². The van der Waals surface area contributed by atoms with Gasteiger partial charge in [-0.05, 0) is 30.2 Å². The van der Waals surface area contributed by atoms with E-state index in [1.54, 1.807) is 6.20 Å². The molecular weight excluding hydrogens is 752 g/mol. The molecule has 13 nitrogen and oxygen atoms in total. The molecule has 0 amide bonds. The topological polar surface area (TPSA) is 191 Å². The molecule has 2 unspecified atom stereocenters. The van der Waals surface area contributed by atoms with Crippen LogP contribution in [0.1, 0.15) is 17.7 Å². The summed E-state index contributed by atoms with van der Waals surface area (Å²) in [4.78, 5) is 49.3. The van der Waals surface area contributed by atoms with E-state index in [0.29, 0.717) is 18.8 Å². The number of nitrogens with zero attached hydrogens (tertiary/aromatic N) is 4. The molecular formula is C27H28F12N4O9. The number of ether oxygens (including phenoxy) is 1. The minimum Gasteiger partial charge on any atom is -0.475 e. The minimum atomic E-state index is -5.08. The van der Waals surface area contributed by atoms with Crippen LogP contribution in [0.5, 0.6) is 0 Å². The number of carbonyl (C=O) groups is 4. The first-order valence-electron chi connectivity index (χ1n) is 13.7. The Morgan fingerprint density at radius 2 is 1.17 bits per heavy atom. The summed E-state index contributed by atoms with van der Waals surface area (Å²) in [6, 6.07) is 10.8. The van der Waals surface area contributed by atoms with Crippen molar-refractivity contribution >= 4 is 23.9 Å². The van der Waals surface area contributed by atoms with Crippen LogP contribution in [0, 0.1) is 0 Å². The zero-order valence-corrected chi connectivity index (χ0v) is 25.9. The highest BCUT2D eigenvalue weighted by atomic mass is 19.4. The number of hydrogen-bond acceptors (Lipinski definition) is 9.